The molecule has 6 heteroatoms. The Kier molecular flexibility index (Phi) is 4.82. The zero-order valence-corrected chi connectivity index (χ0v) is 14.2. The summed E-state index contributed by atoms with van der Waals surface area (Å²) in [6.45, 7) is 2.00. The van der Waals surface area contributed by atoms with Crippen LogP contribution in [0.25, 0.3) is 10.9 Å². The van der Waals surface area contributed by atoms with Gasteiger partial charge >= 0.3 is 5.97 Å². The van der Waals surface area contributed by atoms with Gasteiger partial charge in [0.05, 0.1) is 23.4 Å². The van der Waals surface area contributed by atoms with Gasteiger partial charge in [-0.15, -0.1) is 0 Å². The van der Waals surface area contributed by atoms with E-state index in [0.717, 1.165) is 5.69 Å². The van der Waals surface area contributed by atoms with Crippen LogP contribution >= 0.6 is 11.6 Å². The number of halogens is 1. The number of hydrogen-bond acceptors (Lipinski definition) is 5. The Morgan fingerprint density at radius 1 is 1.28 bits per heavy atom. The van der Waals surface area contributed by atoms with Gasteiger partial charge in [0.15, 0.2) is 0 Å². The van der Waals surface area contributed by atoms with Gasteiger partial charge in [-0.2, -0.15) is 5.26 Å². The number of carbonyl (C=O) groups is 1. The Hall–Kier alpha value is -3.10. The first-order valence-electron chi connectivity index (χ1n) is 7.65. The molecule has 0 spiro atoms. The van der Waals surface area contributed by atoms with Gasteiger partial charge in [0, 0.05) is 22.3 Å². The molecule has 3 aromatic rings. The van der Waals surface area contributed by atoms with Crippen molar-refractivity contribution in [1.29, 1.82) is 5.26 Å². The Morgan fingerprint density at radius 2 is 2.04 bits per heavy atom. The minimum atomic E-state index is -0.476. The van der Waals surface area contributed by atoms with Crippen LogP contribution in [0.2, 0.25) is 5.02 Å². The van der Waals surface area contributed by atoms with Gasteiger partial charge in [-0.05, 0) is 37.3 Å². The average Bonchev–Trinajstić information content (AvgIpc) is 2.63. The monoisotopic (exact) mass is 351 g/mol. The molecule has 0 saturated heterocycles. The Labute approximate surface area is 149 Å². The number of pyridine rings is 1. The number of nitriles is 1. The van der Waals surface area contributed by atoms with Crippen LogP contribution in [0.4, 0.5) is 11.4 Å². The highest BCUT2D eigenvalue weighted by atomic mass is 35.5. The summed E-state index contributed by atoms with van der Waals surface area (Å²) in [7, 11) is 0. The van der Waals surface area contributed by atoms with E-state index in [4.69, 9.17) is 16.3 Å². The fraction of sp³-hybridized carbons (Fsp3) is 0.105. The highest BCUT2D eigenvalue weighted by Crippen LogP contribution is 2.31. The zero-order valence-electron chi connectivity index (χ0n) is 13.4. The van der Waals surface area contributed by atoms with E-state index in [2.05, 4.69) is 16.4 Å². The standard InChI is InChI=1S/C19H14ClN3O2/c1-2-25-19(24)16-11-22-17-12(10-21)4-3-5-15(17)18(16)23-14-8-6-13(20)7-9-14/h3-9,11H,2H2,1H3,(H,22,23). The van der Waals surface area contributed by atoms with Gasteiger partial charge in [-0.3, -0.25) is 4.98 Å². The van der Waals surface area contributed by atoms with E-state index >= 15 is 0 Å². The molecular formula is C19H14ClN3O2. The second-order valence-corrected chi connectivity index (χ2v) is 5.65. The number of para-hydroxylation sites is 1. The minimum absolute atomic E-state index is 0.259. The van der Waals surface area contributed by atoms with E-state index in [0.29, 0.717) is 32.7 Å². The van der Waals surface area contributed by atoms with Crippen molar-refractivity contribution >= 4 is 39.8 Å². The summed E-state index contributed by atoms with van der Waals surface area (Å²) in [5.41, 5.74) is 2.56. The maximum atomic E-state index is 12.3. The Balaban J connectivity index is 2.20. The summed E-state index contributed by atoms with van der Waals surface area (Å²) in [6, 6.07) is 14.5. The normalized spacial score (nSPS) is 10.3. The molecule has 0 fully saturated rings. The average molecular weight is 352 g/mol. The van der Waals surface area contributed by atoms with Crippen LogP contribution in [0.15, 0.2) is 48.7 Å². The van der Waals surface area contributed by atoms with Gasteiger partial charge in [0.2, 0.25) is 0 Å². The van der Waals surface area contributed by atoms with Crippen molar-refractivity contribution in [3.05, 3.63) is 64.8 Å². The molecule has 1 aromatic heterocycles. The smallest absolute Gasteiger partial charge is 0.341 e. The van der Waals surface area contributed by atoms with Crippen LogP contribution < -0.4 is 5.32 Å². The first-order valence-corrected chi connectivity index (χ1v) is 8.03. The molecule has 2 aromatic carbocycles. The number of aromatic nitrogens is 1. The summed E-state index contributed by atoms with van der Waals surface area (Å²) in [6.07, 6.45) is 1.43. The number of ether oxygens (including phenoxy) is 1. The minimum Gasteiger partial charge on any atom is -0.462 e. The molecular weight excluding hydrogens is 338 g/mol. The SMILES string of the molecule is CCOC(=O)c1cnc2c(C#N)cccc2c1Nc1ccc(Cl)cc1. The van der Waals surface area contributed by atoms with Gasteiger partial charge in [-0.25, -0.2) is 4.79 Å². The van der Waals surface area contributed by atoms with Crippen molar-refractivity contribution in [2.24, 2.45) is 0 Å². The fourth-order valence-electron chi connectivity index (χ4n) is 2.49. The number of nitrogens with one attached hydrogen (secondary N) is 1. The van der Waals surface area contributed by atoms with Crippen LogP contribution in [-0.2, 0) is 4.74 Å². The Bertz CT molecular complexity index is 978. The van der Waals surface area contributed by atoms with Gasteiger partial charge in [0.25, 0.3) is 0 Å². The second-order valence-electron chi connectivity index (χ2n) is 5.21. The summed E-state index contributed by atoms with van der Waals surface area (Å²) < 4.78 is 5.13. The van der Waals surface area contributed by atoms with Crippen molar-refractivity contribution in [3.63, 3.8) is 0 Å². The molecule has 0 aliphatic heterocycles. The van der Waals surface area contributed by atoms with Crippen molar-refractivity contribution < 1.29 is 9.53 Å². The molecule has 0 aliphatic carbocycles. The fourth-order valence-corrected chi connectivity index (χ4v) is 2.62. The molecule has 0 radical (unpaired) electrons. The number of hydrogen-bond donors (Lipinski definition) is 1. The summed E-state index contributed by atoms with van der Waals surface area (Å²) in [5, 5.41) is 13.8. The molecule has 0 amide bonds. The highest BCUT2D eigenvalue weighted by Gasteiger charge is 2.18. The van der Waals surface area contributed by atoms with E-state index in [1.807, 2.05) is 6.07 Å². The number of carbonyl (C=O) groups excluding carboxylic acids is 1. The lowest BCUT2D eigenvalue weighted by Crippen LogP contribution is -2.09. The van der Waals surface area contributed by atoms with Crippen LogP contribution in [0, 0.1) is 11.3 Å². The van der Waals surface area contributed by atoms with Gasteiger partial charge in [-0.1, -0.05) is 23.7 Å². The molecule has 124 valence electrons. The molecule has 0 atom stereocenters. The van der Waals surface area contributed by atoms with Crippen LogP contribution in [0.1, 0.15) is 22.8 Å². The number of nitrogens with zero attached hydrogens (tertiary/aromatic N) is 2. The summed E-state index contributed by atoms with van der Waals surface area (Å²) >= 11 is 5.92. The molecule has 3 rings (SSSR count). The van der Waals surface area contributed by atoms with E-state index in [9.17, 15) is 10.1 Å². The van der Waals surface area contributed by atoms with Crippen molar-refractivity contribution in [1.82, 2.24) is 4.98 Å². The molecule has 0 aliphatic rings. The molecule has 25 heavy (non-hydrogen) atoms. The maximum Gasteiger partial charge on any atom is 0.341 e. The zero-order chi connectivity index (χ0) is 17.8. The largest absolute Gasteiger partial charge is 0.462 e. The second kappa shape index (κ2) is 7.20. The lowest BCUT2D eigenvalue weighted by Gasteiger charge is -2.14. The third-order valence-electron chi connectivity index (χ3n) is 3.63. The number of fused-ring (bicyclic) bond motifs is 1. The van der Waals surface area contributed by atoms with E-state index < -0.39 is 5.97 Å². The van der Waals surface area contributed by atoms with E-state index in [1.165, 1.54) is 6.20 Å². The molecule has 1 heterocycles. The number of rotatable bonds is 4. The van der Waals surface area contributed by atoms with E-state index in [-0.39, 0.29) is 6.61 Å². The quantitative estimate of drug-likeness (QED) is 0.691. The number of anilines is 2. The predicted molar refractivity (Wildman–Crippen MR) is 97.1 cm³/mol. The summed E-state index contributed by atoms with van der Waals surface area (Å²) in [4.78, 5) is 16.6. The molecule has 0 bridgehead atoms. The van der Waals surface area contributed by atoms with Gasteiger partial charge in [0.1, 0.15) is 11.6 Å². The predicted octanol–water partition coefficient (Wildman–Crippen LogP) is 4.68. The van der Waals surface area contributed by atoms with Gasteiger partial charge < -0.3 is 10.1 Å². The maximum absolute atomic E-state index is 12.3. The van der Waals surface area contributed by atoms with Crippen LogP contribution in [0.3, 0.4) is 0 Å². The first kappa shape index (κ1) is 16.7. The topological polar surface area (TPSA) is 75.0 Å². The third kappa shape index (κ3) is 3.39. The van der Waals surface area contributed by atoms with Crippen LogP contribution in [0.5, 0.6) is 0 Å². The van der Waals surface area contributed by atoms with Crippen molar-refractivity contribution in [2.75, 3.05) is 11.9 Å². The molecule has 5 nitrogen and oxygen atoms in total. The van der Waals surface area contributed by atoms with Crippen molar-refractivity contribution in [3.8, 4) is 6.07 Å². The molecule has 0 saturated carbocycles. The van der Waals surface area contributed by atoms with Crippen molar-refractivity contribution in [2.45, 2.75) is 6.92 Å². The molecule has 0 unspecified atom stereocenters. The van der Waals surface area contributed by atoms with E-state index in [1.54, 1.807) is 43.3 Å². The first-order chi connectivity index (χ1) is 12.1. The molecule has 1 N–H and O–H groups in total. The summed E-state index contributed by atoms with van der Waals surface area (Å²) in [5.74, 6) is -0.476. The number of benzene rings is 2. The lowest BCUT2D eigenvalue weighted by molar-refractivity contribution is 0.0527. The lowest BCUT2D eigenvalue weighted by atomic mass is 10.1. The third-order valence-corrected chi connectivity index (χ3v) is 3.88. The Morgan fingerprint density at radius 3 is 2.72 bits per heavy atom. The number of esters is 1. The van der Waals surface area contributed by atoms with Crippen LogP contribution in [-0.4, -0.2) is 17.6 Å². The highest BCUT2D eigenvalue weighted by molar-refractivity contribution is 6.30.